The number of benzene rings is 1. The summed E-state index contributed by atoms with van der Waals surface area (Å²) < 4.78 is 16.6. The quantitative estimate of drug-likeness (QED) is 0.766. The van der Waals surface area contributed by atoms with Gasteiger partial charge in [-0.1, -0.05) is 12.1 Å². The van der Waals surface area contributed by atoms with Crippen molar-refractivity contribution in [3.05, 3.63) is 48.2 Å². The highest BCUT2D eigenvalue weighted by Crippen LogP contribution is 2.31. The van der Waals surface area contributed by atoms with Gasteiger partial charge < -0.3 is 24.4 Å². The highest BCUT2D eigenvalue weighted by molar-refractivity contribution is 5.94. The van der Waals surface area contributed by atoms with E-state index < -0.39 is 0 Å². The van der Waals surface area contributed by atoms with Gasteiger partial charge in [-0.25, -0.2) is 4.98 Å². The fourth-order valence-electron chi connectivity index (χ4n) is 2.74. The third kappa shape index (κ3) is 5.10. The molecule has 1 aliphatic heterocycles. The van der Waals surface area contributed by atoms with E-state index in [0.29, 0.717) is 31.7 Å². The maximum atomic E-state index is 12.3. The summed E-state index contributed by atoms with van der Waals surface area (Å²) in [5.74, 6) is 2.16. The van der Waals surface area contributed by atoms with Crippen LogP contribution in [-0.4, -0.2) is 57.5 Å². The SMILES string of the molecule is COCCN(C)c1ccc(C(=O)NCC[C@H]2COc3ccccc3O2)cn1. The number of aromatic nitrogens is 1. The van der Waals surface area contributed by atoms with Crippen molar-refractivity contribution in [2.24, 2.45) is 0 Å². The van der Waals surface area contributed by atoms with Crippen LogP contribution in [0.1, 0.15) is 16.8 Å². The molecule has 0 spiro atoms. The average molecular weight is 371 g/mol. The molecular weight excluding hydrogens is 346 g/mol. The Balaban J connectivity index is 1.44. The number of hydrogen-bond acceptors (Lipinski definition) is 6. The zero-order valence-electron chi connectivity index (χ0n) is 15.7. The predicted octanol–water partition coefficient (Wildman–Crippen LogP) is 2.12. The number of carbonyl (C=O) groups is 1. The maximum absolute atomic E-state index is 12.3. The standard InChI is InChI=1S/C20H25N3O4/c1-23(11-12-25-2)19-8-7-15(13-22-19)20(24)21-10-9-16-14-26-17-5-3-4-6-18(17)27-16/h3-8,13,16H,9-12,14H2,1-2H3,(H,21,24)/t16-/m0/s1. The molecule has 0 bridgehead atoms. The predicted molar refractivity (Wildman–Crippen MR) is 103 cm³/mol. The first-order chi connectivity index (χ1) is 13.2. The van der Waals surface area contributed by atoms with Gasteiger partial charge in [0.05, 0.1) is 12.2 Å². The number of methoxy groups -OCH3 is 1. The summed E-state index contributed by atoms with van der Waals surface area (Å²) in [6.07, 6.45) is 2.19. The van der Waals surface area contributed by atoms with E-state index in [1.54, 1.807) is 19.4 Å². The summed E-state index contributed by atoms with van der Waals surface area (Å²) in [5, 5.41) is 2.91. The van der Waals surface area contributed by atoms with Gasteiger partial charge in [0, 0.05) is 39.9 Å². The van der Waals surface area contributed by atoms with Crippen LogP contribution in [0.25, 0.3) is 0 Å². The lowest BCUT2D eigenvalue weighted by molar-refractivity contribution is 0.0812. The average Bonchev–Trinajstić information content (AvgIpc) is 2.72. The number of fused-ring (bicyclic) bond motifs is 1. The summed E-state index contributed by atoms with van der Waals surface area (Å²) in [6.45, 7) is 2.35. The van der Waals surface area contributed by atoms with Gasteiger partial charge in [0.25, 0.3) is 5.91 Å². The van der Waals surface area contributed by atoms with E-state index in [4.69, 9.17) is 14.2 Å². The Morgan fingerprint density at radius 1 is 1.30 bits per heavy atom. The molecule has 2 aromatic rings. The minimum Gasteiger partial charge on any atom is -0.486 e. The molecular formula is C20H25N3O4. The highest BCUT2D eigenvalue weighted by atomic mass is 16.6. The van der Waals surface area contributed by atoms with Crippen molar-refractivity contribution in [1.29, 1.82) is 0 Å². The maximum Gasteiger partial charge on any atom is 0.252 e. The van der Waals surface area contributed by atoms with E-state index in [9.17, 15) is 4.79 Å². The van der Waals surface area contributed by atoms with Gasteiger partial charge in [0.1, 0.15) is 18.5 Å². The van der Waals surface area contributed by atoms with Crippen LogP contribution in [0, 0.1) is 0 Å². The number of nitrogens with zero attached hydrogens (tertiary/aromatic N) is 2. The van der Waals surface area contributed by atoms with E-state index in [-0.39, 0.29) is 12.0 Å². The monoisotopic (exact) mass is 371 g/mol. The van der Waals surface area contributed by atoms with Crippen molar-refractivity contribution < 1.29 is 19.0 Å². The van der Waals surface area contributed by atoms with Crippen LogP contribution in [0.5, 0.6) is 11.5 Å². The second-order valence-corrected chi connectivity index (χ2v) is 6.36. The Labute approximate surface area is 159 Å². The normalized spacial score (nSPS) is 15.3. The summed E-state index contributed by atoms with van der Waals surface area (Å²) in [6, 6.07) is 11.2. The molecule has 7 heteroatoms. The van der Waals surface area contributed by atoms with Gasteiger partial charge >= 0.3 is 0 Å². The molecule has 3 rings (SSSR count). The Morgan fingerprint density at radius 3 is 2.85 bits per heavy atom. The fraction of sp³-hybridized carbons (Fsp3) is 0.400. The molecule has 1 N–H and O–H groups in total. The number of rotatable bonds is 8. The van der Waals surface area contributed by atoms with E-state index in [1.165, 1.54) is 0 Å². The van der Waals surface area contributed by atoms with E-state index in [0.717, 1.165) is 23.9 Å². The first-order valence-corrected chi connectivity index (χ1v) is 9.00. The number of nitrogens with one attached hydrogen (secondary N) is 1. The Morgan fingerprint density at radius 2 is 2.11 bits per heavy atom. The minimum atomic E-state index is -0.147. The molecule has 0 fully saturated rings. The second kappa shape index (κ2) is 9.23. The van der Waals surface area contributed by atoms with Crippen molar-refractivity contribution in [2.45, 2.75) is 12.5 Å². The van der Waals surface area contributed by atoms with Crippen molar-refractivity contribution in [3.8, 4) is 11.5 Å². The lowest BCUT2D eigenvalue weighted by atomic mass is 10.2. The largest absolute Gasteiger partial charge is 0.486 e. The lowest BCUT2D eigenvalue weighted by Crippen LogP contribution is -2.34. The van der Waals surface area contributed by atoms with Crippen molar-refractivity contribution in [2.75, 3.05) is 45.4 Å². The van der Waals surface area contributed by atoms with Gasteiger partial charge in [0.15, 0.2) is 11.5 Å². The highest BCUT2D eigenvalue weighted by Gasteiger charge is 2.20. The number of hydrogen-bond donors (Lipinski definition) is 1. The van der Waals surface area contributed by atoms with Crippen LogP contribution < -0.4 is 19.7 Å². The van der Waals surface area contributed by atoms with Gasteiger partial charge in [0.2, 0.25) is 0 Å². The molecule has 0 unspecified atom stereocenters. The molecule has 1 aromatic heterocycles. The Hall–Kier alpha value is -2.80. The summed E-state index contributed by atoms with van der Waals surface area (Å²) >= 11 is 0. The lowest BCUT2D eigenvalue weighted by Gasteiger charge is -2.26. The zero-order valence-corrected chi connectivity index (χ0v) is 15.7. The second-order valence-electron chi connectivity index (χ2n) is 6.36. The molecule has 0 radical (unpaired) electrons. The molecule has 7 nitrogen and oxygen atoms in total. The Kier molecular flexibility index (Phi) is 6.49. The van der Waals surface area contributed by atoms with Crippen LogP contribution in [-0.2, 0) is 4.74 Å². The molecule has 1 aromatic carbocycles. The van der Waals surface area contributed by atoms with Gasteiger partial charge in [-0.15, -0.1) is 0 Å². The molecule has 144 valence electrons. The van der Waals surface area contributed by atoms with Gasteiger partial charge in [-0.3, -0.25) is 4.79 Å². The van der Waals surface area contributed by atoms with Crippen molar-refractivity contribution in [1.82, 2.24) is 10.3 Å². The van der Waals surface area contributed by atoms with Gasteiger partial charge in [-0.05, 0) is 24.3 Å². The smallest absolute Gasteiger partial charge is 0.252 e. The molecule has 27 heavy (non-hydrogen) atoms. The van der Waals surface area contributed by atoms with Crippen molar-refractivity contribution in [3.63, 3.8) is 0 Å². The first kappa shape index (κ1) is 19.0. The number of ether oxygens (including phenoxy) is 3. The summed E-state index contributed by atoms with van der Waals surface area (Å²) in [7, 11) is 3.60. The number of para-hydroxylation sites is 2. The van der Waals surface area contributed by atoms with Crippen LogP contribution in [0.15, 0.2) is 42.6 Å². The topological polar surface area (TPSA) is 72.9 Å². The molecule has 2 heterocycles. The van der Waals surface area contributed by atoms with E-state index in [1.807, 2.05) is 42.3 Å². The van der Waals surface area contributed by atoms with Gasteiger partial charge in [-0.2, -0.15) is 0 Å². The van der Waals surface area contributed by atoms with E-state index >= 15 is 0 Å². The number of anilines is 1. The molecule has 0 saturated carbocycles. The summed E-state index contributed by atoms with van der Waals surface area (Å²) in [4.78, 5) is 18.6. The molecule has 1 atom stereocenters. The molecule has 1 amide bonds. The Bertz CT molecular complexity index is 751. The molecule has 0 saturated heterocycles. The molecule has 1 aliphatic rings. The minimum absolute atomic E-state index is 0.0739. The zero-order chi connectivity index (χ0) is 19.1. The van der Waals surface area contributed by atoms with Crippen LogP contribution >= 0.6 is 0 Å². The third-order valence-electron chi connectivity index (χ3n) is 4.35. The van der Waals surface area contributed by atoms with Crippen LogP contribution in [0.2, 0.25) is 0 Å². The third-order valence-corrected chi connectivity index (χ3v) is 4.35. The first-order valence-electron chi connectivity index (χ1n) is 9.00. The van der Waals surface area contributed by atoms with Crippen LogP contribution in [0.3, 0.4) is 0 Å². The summed E-state index contributed by atoms with van der Waals surface area (Å²) in [5.41, 5.74) is 0.532. The number of amides is 1. The number of pyridine rings is 1. The number of likely N-dealkylation sites (N-methyl/N-ethyl adjacent to an activating group) is 1. The fourth-order valence-corrected chi connectivity index (χ4v) is 2.74. The van der Waals surface area contributed by atoms with Crippen LogP contribution in [0.4, 0.5) is 5.82 Å². The number of carbonyl (C=O) groups excluding carboxylic acids is 1. The van der Waals surface area contributed by atoms with Crippen molar-refractivity contribution >= 4 is 11.7 Å². The molecule has 0 aliphatic carbocycles. The van der Waals surface area contributed by atoms with E-state index in [2.05, 4.69) is 10.3 Å².